The zero-order chi connectivity index (χ0) is 14.6. The van der Waals surface area contributed by atoms with Crippen LogP contribution in [0.5, 0.6) is 11.5 Å². The fourth-order valence-corrected chi connectivity index (χ4v) is 1.64. The zero-order valence-electron chi connectivity index (χ0n) is 12.0. The van der Waals surface area contributed by atoms with Crippen molar-refractivity contribution in [3.8, 4) is 11.5 Å². The smallest absolute Gasteiger partial charge is 0.124 e. The number of ether oxygens (including phenoxy) is 2. The summed E-state index contributed by atoms with van der Waals surface area (Å²) in [5.74, 6) is 0.612. The molecule has 0 fully saturated rings. The van der Waals surface area contributed by atoms with E-state index in [2.05, 4.69) is 0 Å². The Morgan fingerprint density at radius 2 is 1.88 bits per heavy atom. The summed E-state index contributed by atoms with van der Waals surface area (Å²) in [4.78, 5) is 0. The van der Waals surface area contributed by atoms with Gasteiger partial charge in [-0.2, -0.15) is 0 Å². The monoisotopic (exact) mass is 251 g/mol. The van der Waals surface area contributed by atoms with Crippen molar-refractivity contribution in [3.05, 3.63) is 59.1 Å². The van der Waals surface area contributed by atoms with Gasteiger partial charge in [-0.25, -0.2) is 0 Å². The molecule has 0 radical (unpaired) electrons. The molecule has 0 atom stereocenters. The van der Waals surface area contributed by atoms with Gasteiger partial charge in [0.25, 0.3) is 0 Å². The van der Waals surface area contributed by atoms with Crippen molar-refractivity contribution in [2.75, 3.05) is 7.04 Å². The second kappa shape index (κ2) is 5.60. The highest BCUT2D eigenvalue weighted by molar-refractivity contribution is 6.30. The van der Waals surface area contributed by atoms with E-state index in [1.54, 1.807) is 6.07 Å². The van der Waals surface area contributed by atoms with E-state index in [-0.39, 0.29) is 5.75 Å². The number of halogens is 1. The van der Waals surface area contributed by atoms with E-state index in [9.17, 15) is 0 Å². The summed E-state index contributed by atoms with van der Waals surface area (Å²) in [5.41, 5.74) is 1.01. The quantitative estimate of drug-likeness (QED) is 0.820. The van der Waals surface area contributed by atoms with Crippen molar-refractivity contribution in [2.45, 2.75) is 6.61 Å². The number of benzene rings is 2. The molecule has 3 heteroatoms. The topological polar surface area (TPSA) is 18.5 Å². The number of methoxy groups -OCH3 is 1. The van der Waals surface area contributed by atoms with Crippen molar-refractivity contribution in [3.63, 3.8) is 0 Å². The molecule has 0 heterocycles. The third kappa shape index (κ3) is 3.40. The highest BCUT2D eigenvalue weighted by Gasteiger charge is 2.01. The van der Waals surface area contributed by atoms with E-state index in [0.717, 1.165) is 5.56 Å². The molecule has 0 spiro atoms. The van der Waals surface area contributed by atoms with Crippen molar-refractivity contribution >= 4 is 11.6 Å². The van der Waals surface area contributed by atoms with E-state index >= 15 is 0 Å². The van der Waals surface area contributed by atoms with E-state index < -0.39 is 7.04 Å². The SMILES string of the molecule is [2H]C([2H])([2H])Oc1cc(Cl)cc(OCc2ccccc2)c1. The second-order valence-corrected chi connectivity index (χ2v) is 3.94. The lowest BCUT2D eigenvalue weighted by Gasteiger charge is -2.08. The summed E-state index contributed by atoms with van der Waals surface area (Å²) in [6.07, 6.45) is 0. The summed E-state index contributed by atoms with van der Waals surface area (Å²) in [5, 5.41) is 0.356. The molecule has 0 amide bonds. The highest BCUT2D eigenvalue weighted by Crippen LogP contribution is 2.26. The first kappa shape index (κ1) is 8.43. The molecule has 0 saturated carbocycles. The van der Waals surface area contributed by atoms with E-state index in [1.807, 2.05) is 30.3 Å². The van der Waals surface area contributed by atoms with Crippen LogP contribution in [0, 0.1) is 0 Å². The van der Waals surface area contributed by atoms with E-state index in [4.69, 9.17) is 25.2 Å². The van der Waals surface area contributed by atoms with Gasteiger partial charge in [-0.05, 0) is 17.7 Å². The largest absolute Gasteiger partial charge is 0.497 e. The Morgan fingerprint density at radius 3 is 2.65 bits per heavy atom. The third-order valence-electron chi connectivity index (χ3n) is 2.21. The fraction of sp³-hybridized carbons (Fsp3) is 0.143. The molecule has 0 aliphatic heterocycles. The van der Waals surface area contributed by atoms with Gasteiger partial charge >= 0.3 is 0 Å². The van der Waals surface area contributed by atoms with Crippen LogP contribution in [0.1, 0.15) is 9.68 Å². The van der Waals surface area contributed by atoms with Crippen molar-refractivity contribution in [1.82, 2.24) is 0 Å². The first-order valence-electron chi connectivity index (χ1n) is 6.59. The Morgan fingerprint density at radius 1 is 1.12 bits per heavy atom. The van der Waals surface area contributed by atoms with Crippen LogP contribution >= 0.6 is 11.6 Å². The number of hydrogen-bond donors (Lipinski definition) is 0. The van der Waals surface area contributed by atoms with Gasteiger partial charge < -0.3 is 9.47 Å². The minimum absolute atomic E-state index is 0.153. The molecule has 2 aromatic carbocycles. The molecule has 0 aliphatic carbocycles. The van der Waals surface area contributed by atoms with Crippen LogP contribution in [-0.4, -0.2) is 7.04 Å². The molecule has 2 aromatic rings. The molecule has 0 bridgehead atoms. The molecule has 0 saturated heterocycles. The molecule has 0 N–H and O–H groups in total. The Balaban J connectivity index is 2.08. The molecular formula is C14H13ClO2. The maximum Gasteiger partial charge on any atom is 0.124 e. The van der Waals surface area contributed by atoms with Crippen LogP contribution in [0.2, 0.25) is 5.02 Å². The minimum atomic E-state index is -2.51. The molecule has 17 heavy (non-hydrogen) atoms. The van der Waals surface area contributed by atoms with Crippen LogP contribution in [0.3, 0.4) is 0 Å². The first-order valence-corrected chi connectivity index (χ1v) is 5.46. The number of rotatable bonds is 4. The average Bonchev–Trinajstić information content (AvgIpc) is 2.35. The van der Waals surface area contributed by atoms with Crippen LogP contribution in [0.25, 0.3) is 0 Å². The molecule has 0 aromatic heterocycles. The van der Waals surface area contributed by atoms with Gasteiger partial charge in [-0.1, -0.05) is 41.9 Å². The van der Waals surface area contributed by atoms with Crippen molar-refractivity contribution in [1.29, 1.82) is 0 Å². The van der Waals surface area contributed by atoms with E-state index in [0.29, 0.717) is 17.4 Å². The lowest BCUT2D eigenvalue weighted by Crippen LogP contribution is -1.95. The standard InChI is InChI=1S/C14H13ClO2/c1-16-13-7-12(15)8-14(9-13)17-10-11-5-3-2-4-6-11/h2-9H,10H2,1H3/i1D3. The van der Waals surface area contributed by atoms with Crippen molar-refractivity contribution < 1.29 is 13.6 Å². The van der Waals surface area contributed by atoms with Gasteiger partial charge in [0.05, 0.1) is 11.2 Å². The highest BCUT2D eigenvalue weighted by atomic mass is 35.5. The lowest BCUT2D eigenvalue weighted by molar-refractivity contribution is 0.303. The molecule has 0 aliphatic rings. The molecule has 2 rings (SSSR count). The summed E-state index contributed by atoms with van der Waals surface area (Å²) in [7, 11) is -2.51. The Hall–Kier alpha value is -1.67. The lowest BCUT2D eigenvalue weighted by atomic mass is 10.2. The minimum Gasteiger partial charge on any atom is -0.497 e. The second-order valence-electron chi connectivity index (χ2n) is 3.50. The summed E-state index contributed by atoms with van der Waals surface area (Å²) in [6, 6.07) is 14.2. The van der Waals surface area contributed by atoms with Gasteiger partial charge in [0, 0.05) is 11.1 Å². The number of hydrogen-bond acceptors (Lipinski definition) is 2. The normalized spacial score (nSPS) is 13.4. The molecule has 88 valence electrons. The average molecular weight is 252 g/mol. The van der Waals surface area contributed by atoms with Gasteiger partial charge in [-0.3, -0.25) is 0 Å². The zero-order valence-corrected chi connectivity index (χ0v) is 9.78. The van der Waals surface area contributed by atoms with Crippen LogP contribution < -0.4 is 9.47 Å². The van der Waals surface area contributed by atoms with Gasteiger partial charge in [-0.15, -0.1) is 0 Å². The van der Waals surface area contributed by atoms with Gasteiger partial charge in [0.1, 0.15) is 18.1 Å². The first-order chi connectivity index (χ1) is 9.42. The Labute approximate surface area is 110 Å². The predicted molar refractivity (Wildman–Crippen MR) is 68.8 cm³/mol. The Kier molecular flexibility index (Phi) is 2.77. The third-order valence-corrected chi connectivity index (χ3v) is 2.43. The maximum atomic E-state index is 7.07. The predicted octanol–water partition coefficient (Wildman–Crippen LogP) is 3.93. The summed E-state index contributed by atoms with van der Waals surface area (Å²) >= 11 is 5.92. The maximum absolute atomic E-state index is 7.07. The van der Waals surface area contributed by atoms with Crippen LogP contribution in [0.15, 0.2) is 48.5 Å². The van der Waals surface area contributed by atoms with Gasteiger partial charge in [0.15, 0.2) is 0 Å². The Bertz CT molecular complexity index is 570. The molecule has 0 unspecified atom stereocenters. The summed E-state index contributed by atoms with van der Waals surface area (Å²) in [6.45, 7) is 0.369. The summed E-state index contributed by atoms with van der Waals surface area (Å²) < 4.78 is 31.6. The van der Waals surface area contributed by atoms with Crippen LogP contribution in [0.4, 0.5) is 0 Å². The molecule has 2 nitrogen and oxygen atoms in total. The van der Waals surface area contributed by atoms with Crippen LogP contribution in [-0.2, 0) is 6.61 Å². The van der Waals surface area contributed by atoms with E-state index in [1.165, 1.54) is 12.1 Å². The van der Waals surface area contributed by atoms with Gasteiger partial charge in [0.2, 0.25) is 0 Å². The van der Waals surface area contributed by atoms with Crippen molar-refractivity contribution in [2.24, 2.45) is 0 Å². The molecular weight excluding hydrogens is 236 g/mol. The fourth-order valence-electron chi connectivity index (χ4n) is 1.42.